The third-order valence-corrected chi connectivity index (χ3v) is 6.74. The third kappa shape index (κ3) is 5.64. The number of morpholine rings is 1. The van der Waals surface area contributed by atoms with Gasteiger partial charge in [-0.1, -0.05) is 18.2 Å². The maximum atomic E-state index is 13.3. The summed E-state index contributed by atoms with van der Waals surface area (Å²) >= 11 is 0. The summed E-state index contributed by atoms with van der Waals surface area (Å²) < 4.78 is 5.34. The molecule has 0 radical (unpaired) electrons. The van der Waals surface area contributed by atoms with Gasteiger partial charge in [0, 0.05) is 41.6 Å². The van der Waals surface area contributed by atoms with Crippen LogP contribution in [0, 0.1) is 13.8 Å². The van der Waals surface area contributed by atoms with Crippen LogP contribution in [0.25, 0.3) is 22.0 Å². The van der Waals surface area contributed by atoms with E-state index in [1.807, 2.05) is 68.4 Å². The van der Waals surface area contributed by atoms with Crippen LogP contribution in [-0.4, -0.2) is 59.5 Å². The van der Waals surface area contributed by atoms with Gasteiger partial charge in [0.25, 0.3) is 5.91 Å². The predicted octanol–water partition coefficient (Wildman–Crippen LogP) is 4.02. The van der Waals surface area contributed by atoms with E-state index in [0.717, 1.165) is 46.2 Å². The van der Waals surface area contributed by atoms with Gasteiger partial charge in [-0.2, -0.15) is 0 Å². The predicted molar refractivity (Wildman–Crippen MR) is 149 cm³/mol. The number of amides is 2. The summed E-state index contributed by atoms with van der Waals surface area (Å²) in [6, 6.07) is 17.0. The molecule has 9 nitrogen and oxygen atoms in total. The minimum absolute atomic E-state index is 0.0925. The summed E-state index contributed by atoms with van der Waals surface area (Å²) in [7, 11) is 0. The number of carbonyl (C=O) groups is 2. The van der Waals surface area contributed by atoms with Crippen molar-refractivity contribution in [3.63, 3.8) is 0 Å². The summed E-state index contributed by atoms with van der Waals surface area (Å²) in [6.07, 6.45) is 1.70. The number of carbonyl (C=O) groups excluding carboxylic acids is 2. The van der Waals surface area contributed by atoms with Crippen molar-refractivity contribution < 1.29 is 14.3 Å². The number of aryl methyl sites for hydroxylation is 1. The van der Waals surface area contributed by atoms with E-state index >= 15 is 0 Å². The molecule has 0 saturated carbocycles. The molecule has 0 atom stereocenters. The van der Waals surface area contributed by atoms with Gasteiger partial charge in [-0.15, -0.1) is 0 Å². The molecular formula is C29H30N6O3. The van der Waals surface area contributed by atoms with E-state index in [-0.39, 0.29) is 17.8 Å². The Morgan fingerprint density at radius 1 is 1.00 bits per heavy atom. The molecule has 194 valence electrons. The molecule has 0 bridgehead atoms. The van der Waals surface area contributed by atoms with Crippen LogP contribution in [-0.2, 0) is 9.53 Å². The van der Waals surface area contributed by atoms with Gasteiger partial charge in [0.1, 0.15) is 0 Å². The van der Waals surface area contributed by atoms with Crippen LogP contribution in [0.15, 0.2) is 60.8 Å². The normalized spacial score (nSPS) is 13.8. The molecule has 1 saturated heterocycles. The van der Waals surface area contributed by atoms with Crippen LogP contribution in [0.3, 0.4) is 0 Å². The topological polar surface area (TPSA) is 122 Å². The summed E-state index contributed by atoms with van der Waals surface area (Å²) in [5.74, 6) is -0.0932. The molecule has 38 heavy (non-hydrogen) atoms. The number of rotatable bonds is 6. The molecular weight excluding hydrogens is 480 g/mol. The zero-order valence-electron chi connectivity index (χ0n) is 21.5. The molecule has 1 aliphatic rings. The van der Waals surface area contributed by atoms with Crippen molar-refractivity contribution in [3.8, 4) is 11.1 Å². The number of hydrogen-bond acceptors (Lipinski definition) is 7. The fourth-order valence-corrected chi connectivity index (χ4v) is 4.54. The minimum Gasteiger partial charge on any atom is -0.379 e. The fraction of sp³-hybridized carbons (Fsp3) is 0.241. The molecule has 5 rings (SSSR count). The Kier molecular flexibility index (Phi) is 7.30. The molecule has 1 fully saturated rings. The first-order chi connectivity index (χ1) is 18.4. The number of benzene rings is 3. The second kappa shape index (κ2) is 11.0. The quantitative estimate of drug-likeness (QED) is 0.358. The number of ether oxygens (including phenoxy) is 1. The zero-order valence-corrected chi connectivity index (χ0v) is 21.5. The van der Waals surface area contributed by atoms with Gasteiger partial charge < -0.3 is 21.1 Å². The van der Waals surface area contributed by atoms with Crippen molar-refractivity contribution in [2.75, 3.05) is 49.2 Å². The maximum absolute atomic E-state index is 13.3. The van der Waals surface area contributed by atoms with Gasteiger partial charge in [0.05, 0.1) is 25.3 Å². The maximum Gasteiger partial charge on any atom is 0.255 e. The molecule has 0 spiro atoms. The molecule has 9 heteroatoms. The molecule has 1 aliphatic heterocycles. The lowest BCUT2D eigenvalue weighted by Gasteiger charge is -2.26. The first-order valence-electron chi connectivity index (χ1n) is 12.5. The summed E-state index contributed by atoms with van der Waals surface area (Å²) in [6.45, 7) is 6.95. The standard InChI is InChI=1S/C29H30N6O3/c1-18-6-7-21(15-23(18)20-8-9-26-22(14-20)16-31-29(30)34-26)28(37)33-25-5-3-4-24(19(25)2)32-27(36)17-35-10-12-38-13-11-35/h3-9,14-16H,10-13,17H2,1-2H3,(H,32,36)(H,33,37)(H2,30,31,34). The van der Waals surface area contributed by atoms with Crippen LogP contribution in [0.2, 0.25) is 0 Å². The third-order valence-electron chi connectivity index (χ3n) is 6.74. The van der Waals surface area contributed by atoms with E-state index in [1.165, 1.54) is 0 Å². The lowest BCUT2D eigenvalue weighted by atomic mass is 9.97. The fourth-order valence-electron chi connectivity index (χ4n) is 4.54. The Bertz CT molecular complexity index is 1510. The second-order valence-corrected chi connectivity index (χ2v) is 9.40. The van der Waals surface area contributed by atoms with Crippen molar-refractivity contribution in [1.29, 1.82) is 0 Å². The highest BCUT2D eigenvalue weighted by Crippen LogP contribution is 2.29. The first-order valence-corrected chi connectivity index (χ1v) is 12.5. The van der Waals surface area contributed by atoms with Crippen LogP contribution in [0.4, 0.5) is 17.3 Å². The minimum atomic E-state index is -0.233. The SMILES string of the molecule is Cc1ccc(C(=O)Nc2cccc(NC(=O)CN3CCOCC3)c2C)cc1-c1ccc2nc(N)ncc2c1. The van der Waals surface area contributed by atoms with Crippen LogP contribution in [0.5, 0.6) is 0 Å². The van der Waals surface area contributed by atoms with Crippen molar-refractivity contribution >= 4 is 40.0 Å². The number of aromatic nitrogens is 2. The van der Waals surface area contributed by atoms with Crippen LogP contribution >= 0.6 is 0 Å². The molecule has 4 aromatic rings. The Balaban J connectivity index is 1.33. The Morgan fingerprint density at radius 2 is 1.76 bits per heavy atom. The molecule has 2 heterocycles. The molecule has 1 aromatic heterocycles. The van der Waals surface area contributed by atoms with Crippen molar-refractivity contribution in [2.24, 2.45) is 0 Å². The Morgan fingerprint density at radius 3 is 2.55 bits per heavy atom. The number of anilines is 3. The number of fused-ring (bicyclic) bond motifs is 1. The van der Waals surface area contributed by atoms with E-state index in [9.17, 15) is 9.59 Å². The first kappa shape index (κ1) is 25.3. The summed E-state index contributed by atoms with van der Waals surface area (Å²) in [5, 5.41) is 6.85. The van der Waals surface area contributed by atoms with E-state index in [2.05, 4.69) is 25.5 Å². The van der Waals surface area contributed by atoms with Gasteiger partial charge in [0.2, 0.25) is 11.9 Å². The molecule has 0 unspecified atom stereocenters. The average molecular weight is 511 g/mol. The van der Waals surface area contributed by atoms with E-state index in [4.69, 9.17) is 10.5 Å². The van der Waals surface area contributed by atoms with E-state index in [0.29, 0.717) is 36.7 Å². The lowest BCUT2D eigenvalue weighted by molar-refractivity contribution is -0.118. The molecule has 2 amide bonds. The highest BCUT2D eigenvalue weighted by molar-refractivity contribution is 6.06. The highest BCUT2D eigenvalue weighted by atomic mass is 16.5. The van der Waals surface area contributed by atoms with Crippen molar-refractivity contribution in [2.45, 2.75) is 13.8 Å². The average Bonchev–Trinajstić information content (AvgIpc) is 2.91. The zero-order chi connectivity index (χ0) is 26.6. The number of nitrogen functional groups attached to an aromatic ring is 1. The summed E-state index contributed by atoms with van der Waals surface area (Å²) in [5.41, 5.74) is 12.0. The number of nitrogens with one attached hydrogen (secondary N) is 2. The second-order valence-electron chi connectivity index (χ2n) is 9.40. The number of nitrogens with zero attached hydrogens (tertiary/aromatic N) is 3. The monoisotopic (exact) mass is 510 g/mol. The van der Waals surface area contributed by atoms with Gasteiger partial charge >= 0.3 is 0 Å². The van der Waals surface area contributed by atoms with E-state index in [1.54, 1.807) is 6.20 Å². The molecule has 3 aromatic carbocycles. The smallest absolute Gasteiger partial charge is 0.255 e. The Hall–Kier alpha value is -4.34. The van der Waals surface area contributed by atoms with Crippen molar-refractivity contribution in [1.82, 2.24) is 14.9 Å². The summed E-state index contributed by atoms with van der Waals surface area (Å²) in [4.78, 5) is 36.3. The van der Waals surface area contributed by atoms with Gasteiger partial charge in [0.15, 0.2) is 0 Å². The molecule has 4 N–H and O–H groups in total. The largest absolute Gasteiger partial charge is 0.379 e. The van der Waals surface area contributed by atoms with E-state index < -0.39 is 0 Å². The molecule has 0 aliphatic carbocycles. The van der Waals surface area contributed by atoms with Gasteiger partial charge in [-0.3, -0.25) is 14.5 Å². The number of hydrogen-bond donors (Lipinski definition) is 3. The lowest BCUT2D eigenvalue weighted by Crippen LogP contribution is -2.41. The van der Waals surface area contributed by atoms with Crippen molar-refractivity contribution in [3.05, 3.63) is 77.5 Å². The van der Waals surface area contributed by atoms with Gasteiger partial charge in [-0.25, -0.2) is 9.97 Å². The van der Waals surface area contributed by atoms with Gasteiger partial charge in [-0.05, 0) is 72.5 Å². The number of nitrogens with two attached hydrogens (primary N) is 1. The Labute approximate surface area is 221 Å². The van der Waals surface area contributed by atoms with Crippen LogP contribution in [0.1, 0.15) is 21.5 Å². The van der Waals surface area contributed by atoms with Crippen LogP contribution < -0.4 is 16.4 Å². The highest BCUT2D eigenvalue weighted by Gasteiger charge is 2.17.